The molecule has 0 aliphatic carbocycles. The maximum atomic E-state index is 12.6. The number of hydrogen-bond donors (Lipinski definition) is 2. The average Bonchev–Trinajstić information content (AvgIpc) is 2.67. The standard InChI is InChI=1S/C20H22N2O6/c1-2-28-18-10-8-15(13-17(18)22(26)27)20(25)21-16(9-11-19(23)24)12-14-6-4-3-5-7-14/h3-8,10,13,16H,2,9,11-12H2,1H3,(H,21,25)(H,23,24). The molecule has 1 unspecified atom stereocenters. The number of ether oxygens (including phenoxy) is 1. The van der Waals surface area contributed by atoms with Crippen molar-refractivity contribution in [3.8, 4) is 5.75 Å². The molecule has 2 N–H and O–H groups in total. The van der Waals surface area contributed by atoms with Crippen molar-refractivity contribution in [3.63, 3.8) is 0 Å². The van der Waals surface area contributed by atoms with E-state index in [0.29, 0.717) is 6.42 Å². The van der Waals surface area contributed by atoms with Crippen molar-refractivity contribution in [2.24, 2.45) is 0 Å². The first-order chi connectivity index (χ1) is 13.4. The lowest BCUT2D eigenvalue weighted by atomic mass is 10.0. The minimum Gasteiger partial charge on any atom is -0.487 e. The van der Waals surface area contributed by atoms with Crippen LogP contribution in [0.3, 0.4) is 0 Å². The van der Waals surface area contributed by atoms with Gasteiger partial charge in [0.1, 0.15) is 0 Å². The summed E-state index contributed by atoms with van der Waals surface area (Å²) < 4.78 is 5.22. The number of nitrogens with one attached hydrogen (secondary N) is 1. The molecule has 2 aromatic rings. The van der Waals surface area contributed by atoms with Crippen LogP contribution in [0.4, 0.5) is 5.69 Å². The van der Waals surface area contributed by atoms with E-state index in [2.05, 4.69) is 5.32 Å². The normalized spacial score (nSPS) is 11.5. The Morgan fingerprint density at radius 2 is 1.93 bits per heavy atom. The van der Waals surface area contributed by atoms with Crippen LogP contribution >= 0.6 is 0 Å². The van der Waals surface area contributed by atoms with Crippen LogP contribution in [0.15, 0.2) is 48.5 Å². The number of rotatable bonds is 10. The van der Waals surface area contributed by atoms with Gasteiger partial charge in [0, 0.05) is 24.1 Å². The molecule has 0 bridgehead atoms. The molecule has 2 aromatic carbocycles. The fourth-order valence-electron chi connectivity index (χ4n) is 2.77. The molecule has 0 aromatic heterocycles. The largest absolute Gasteiger partial charge is 0.487 e. The van der Waals surface area contributed by atoms with Crippen LogP contribution in [0.5, 0.6) is 5.75 Å². The summed E-state index contributed by atoms with van der Waals surface area (Å²) >= 11 is 0. The first kappa shape index (κ1) is 20.9. The average molecular weight is 386 g/mol. The molecule has 1 amide bonds. The second kappa shape index (κ2) is 10.1. The van der Waals surface area contributed by atoms with Crippen molar-refractivity contribution in [2.45, 2.75) is 32.2 Å². The lowest BCUT2D eigenvalue weighted by molar-refractivity contribution is -0.385. The molecule has 0 aliphatic rings. The van der Waals surface area contributed by atoms with Crippen LogP contribution in [-0.4, -0.2) is 34.6 Å². The fourth-order valence-corrected chi connectivity index (χ4v) is 2.77. The van der Waals surface area contributed by atoms with Gasteiger partial charge in [-0.15, -0.1) is 0 Å². The highest BCUT2D eigenvalue weighted by Crippen LogP contribution is 2.28. The van der Waals surface area contributed by atoms with Crippen LogP contribution in [0.25, 0.3) is 0 Å². The van der Waals surface area contributed by atoms with E-state index in [4.69, 9.17) is 9.84 Å². The predicted octanol–water partition coefficient (Wildman–Crippen LogP) is 3.20. The highest BCUT2D eigenvalue weighted by atomic mass is 16.6. The molecule has 0 saturated heterocycles. The summed E-state index contributed by atoms with van der Waals surface area (Å²) in [5.74, 6) is -1.36. The summed E-state index contributed by atoms with van der Waals surface area (Å²) in [6.07, 6.45) is 0.606. The fraction of sp³-hybridized carbons (Fsp3) is 0.300. The van der Waals surface area contributed by atoms with Crippen molar-refractivity contribution in [1.29, 1.82) is 0 Å². The predicted molar refractivity (Wildman–Crippen MR) is 103 cm³/mol. The molecule has 28 heavy (non-hydrogen) atoms. The number of nitrogens with zero attached hydrogens (tertiary/aromatic N) is 1. The zero-order valence-corrected chi connectivity index (χ0v) is 15.5. The third-order valence-corrected chi connectivity index (χ3v) is 4.08. The molecule has 0 heterocycles. The molecule has 148 valence electrons. The number of carbonyl (C=O) groups excluding carboxylic acids is 1. The van der Waals surface area contributed by atoms with Gasteiger partial charge in [-0.2, -0.15) is 0 Å². The number of carbonyl (C=O) groups is 2. The number of carboxylic acid groups (broad SMARTS) is 1. The van der Waals surface area contributed by atoms with E-state index in [1.807, 2.05) is 30.3 Å². The summed E-state index contributed by atoms with van der Waals surface area (Å²) in [5.41, 5.74) is 0.777. The molecule has 0 aliphatic heterocycles. The summed E-state index contributed by atoms with van der Waals surface area (Å²) in [6.45, 7) is 1.97. The highest BCUT2D eigenvalue weighted by molar-refractivity contribution is 5.95. The van der Waals surface area contributed by atoms with Gasteiger partial charge in [0.2, 0.25) is 0 Å². The van der Waals surface area contributed by atoms with Crippen molar-refractivity contribution in [3.05, 3.63) is 69.8 Å². The summed E-state index contributed by atoms with van der Waals surface area (Å²) in [4.78, 5) is 34.2. The topological polar surface area (TPSA) is 119 Å². The molecular formula is C20H22N2O6. The molecule has 0 radical (unpaired) electrons. The number of benzene rings is 2. The van der Waals surface area contributed by atoms with Crippen molar-refractivity contribution in [1.82, 2.24) is 5.32 Å². The Balaban J connectivity index is 2.18. The smallest absolute Gasteiger partial charge is 0.311 e. The van der Waals surface area contributed by atoms with E-state index in [-0.39, 0.29) is 36.4 Å². The quantitative estimate of drug-likeness (QED) is 0.478. The van der Waals surface area contributed by atoms with E-state index in [0.717, 1.165) is 11.6 Å². The third kappa shape index (κ3) is 6.08. The Labute approximate surface area is 162 Å². The Hall–Kier alpha value is -3.42. The van der Waals surface area contributed by atoms with E-state index >= 15 is 0 Å². The van der Waals surface area contributed by atoms with E-state index in [1.165, 1.54) is 12.1 Å². The Morgan fingerprint density at radius 1 is 1.21 bits per heavy atom. The molecule has 1 atom stereocenters. The Bertz CT molecular complexity index is 838. The molecule has 0 saturated carbocycles. The van der Waals surface area contributed by atoms with Gasteiger partial charge in [0.25, 0.3) is 5.91 Å². The maximum absolute atomic E-state index is 12.6. The monoisotopic (exact) mass is 386 g/mol. The van der Waals surface area contributed by atoms with E-state index in [1.54, 1.807) is 6.92 Å². The van der Waals surface area contributed by atoms with Crippen LogP contribution in [-0.2, 0) is 11.2 Å². The minimum atomic E-state index is -0.955. The lowest BCUT2D eigenvalue weighted by Crippen LogP contribution is -2.37. The number of hydrogen-bond acceptors (Lipinski definition) is 5. The second-order valence-corrected chi connectivity index (χ2v) is 6.17. The highest BCUT2D eigenvalue weighted by Gasteiger charge is 2.21. The third-order valence-electron chi connectivity index (χ3n) is 4.08. The van der Waals surface area contributed by atoms with Crippen LogP contribution in [0, 0.1) is 10.1 Å². The number of aliphatic carboxylic acids is 1. The number of nitro groups is 1. The van der Waals surface area contributed by atoms with Gasteiger partial charge in [-0.25, -0.2) is 0 Å². The van der Waals surface area contributed by atoms with Gasteiger partial charge in [0.15, 0.2) is 5.75 Å². The molecular weight excluding hydrogens is 364 g/mol. The van der Waals surface area contributed by atoms with Crippen LogP contribution in [0.2, 0.25) is 0 Å². The van der Waals surface area contributed by atoms with Gasteiger partial charge in [-0.05, 0) is 37.5 Å². The van der Waals surface area contributed by atoms with Crippen molar-refractivity contribution >= 4 is 17.6 Å². The molecule has 8 nitrogen and oxygen atoms in total. The second-order valence-electron chi connectivity index (χ2n) is 6.17. The molecule has 0 spiro atoms. The van der Waals surface area contributed by atoms with Crippen LogP contribution < -0.4 is 10.1 Å². The number of amides is 1. The maximum Gasteiger partial charge on any atom is 0.311 e. The van der Waals surface area contributed by atoms with Gasteiger partial charge in [0.05, 0.1) is 11.5 Å². The summed E-state index contributed by atoms with van der Waals surface area (Å²) in [5, 5.41) is 23.0. The molecule has 2 rings (SSSR count). The van der Waals surface area contributed by atoms with E-state index in [9.17, 15) is 19.7 Å². The molecule has 0 fully saturated rings. The first-order valence-corrected chi connectivity index (χ1v) is 8.88. The van der Waals surface area contributed by atoms with Crippen LogP contribution in [0.1, 0.15) is 35.7 Å². The lowest BCUT2D eigenvalue weighted by Gasteiger charge is -2.18. The Morgan fingerprint density at radius 3 is 2.54 bits per heavy atom. The first-order valence-electron chi connectivity index (χ1n) is 8.88. The van der Waals surface area contributed by atoms with Gasteiger partial charge < -0.3 is 15.2 Å². The number of carboxylic acids is 1. The van der Waals surface area contributed by atoms with Gasteiger partial charge >= 0.3 is 11.7 Å². The van der Waals surface area contributed by atoms with Gasteiger partial charge in [-0.1, -0.05) is 30.3 Å². The summed E-state index contributed by atoms with van der Waals surface area (Å²) in [6, 6.07) is 13.0. The SMILES string of the molecule is CCOc1ccc(C(=O)NC(CCC(=O)O)Cc2ccccc2)cc1[N+](=O)[O-]. The Kier molecular flexibility index (Phi) is 7.50. The minimum absolute atomic E-state index is 0.0933. The van der Waals surface area contributed by atoms with Crippen molar-refractivity contribution in [2.75, 3.05) is 6.61 Å². The molecule has 8 heteroatoms. The zero-order chi connectivity index (χ0) is 20.5. The zero-order valence-electron chi connectivity index (χ0n) is 15.5. The number of nitro benzene ring substituents is 1. The van der Waals surface area contributed by atoms with Crippen molar-refractivity contribution < 1.29 is 24.4 Å². The van der Waals surface area contributed by atoms with Gasteiger partial charge in [-0.3, -0.25) is 19.7 Å². The van der Waals surface area contributed by atoms with E-state index < -0.39 is 22.8 Å². The summed E-state index contributed by atoms with van der Waals surface area (Å²) in [7, 11) is 0.